The molecule has 0 aromatic heterocycles. The molecule has 2 heteroatoms. The van der Waals surface area contributed by atoms with Crippen LogP contribution in [0.25, 0.3) is 0 Å². The van der Waals surface area contributed by atoms with E-state index >= 15 is 0 Å². The maximum atomic E-state index is 2.43. The number of hydrogen-bond donors (Lipinski definition) is 0. The van der Waals surface area contributed by atoms with Gasteiger partial charge in [-0.1, -0.05) is 30.3 Å². The molecule has 2 aromatic rings. The fraction of sp³-hybridized carbons (Fsp3) is 0.250. The minimum Gasteiger partial charge on any atom is -0.126 e. The van der Waals surface area contributed by atoms with Gasteiger partial charge in [-0.3, -0.25) is 0 Å². The molecule has 0 radical (unpaired) electrons. The van der Waals surface area contributed by atoms with Gasteiger partial charge in [-0.15, -0.1) is 23.5 Å². The Balaban J connectivity index is 1.77. The van der Waals surface area contributed by atoms with Crippen LogP contribution in [0.2, 0.25) is 0 Å². The number of aryl methyl sites for hydroxylation is 1. The summed E-state index contributed by atoms with van der Waals surface area (Å²) in [5.41, 5.74) is 4.56. The van der Waals surface area contributed by atoms with Gasteiger partial charge in [0.1, 0.15) is 0 Å². The molecule has 0 N–H and O–H groups in total. The third-order valence-corrected chi connectivity index (χ3v) is 6.10. The molecular weight excluding hydrogens is 256 g/mol. The number of fused-ring (bicyclic) bond motifs is 2. The quantitative estimate of drug-likeness (QED) is 0.744. The molecule has 2 aliphatic heterocycles. The number of rotatable bonds is 1. The fourth-order valence-electron chi connectivity index (χ4n) is 2.84. The molecule has 4 rings (SSSR count). The van der Waals surface area contributed by atoms with Crippen LogP contribution in [0, 0.1) is 0 Å². The van der Waals surface area contributed by atoms with Crippen LogP contribution in [-0.2, 0) is 6.42 Å². The number of benzene rings is 2. The average molecular weight is 270 g/mol. The van der Waals surface area contributed by atoms with Crippen molar-refractivity contribution in [2.45, 2.75) is 22.1 Å². The van der Waals surface area contributed by atoms with Crippen molar-refractivity contribution in [1.82, 2.24) is 0 Å². The lowest BCUT2D eigenvalue weighted by Crippen LogP contribution is -1.99. The number of hydrogen-bond acceptors (Lipinski definition) is 2. The Morgan fingerprint density at radius 2 is 1.89 bits per heavy atom. The number of thioether (sulfide) groups is 2. The normalized spacial score (nSPS) is 20.8. The van der Waals surface area contributed by atoms with E-state index in [1.165, 1.54) is 38.8 Å². The smallest absolute Gasteiger partial charge is 0.0195 e. The maximum absolute atomic E-state index is 2.43. The minimum atomic E-state index is 0.595. The predicted molar refractivity (Wildman–Crippen MR) is 79.9 cm³/mol. The van der Waals surface area contributed by atoms with Crippen molar-refractivity contribution < 1.29 is 0 Å². The molecule has 18 heavy (non-hydrogen) atoms. The van der Waals surface area contributed by atoms with Crippen LogP contribution >= 0.6 is 23.5 Å². The largest absolute Gasteiger partial charge is 0.126 e. The molecule has 2 heterocycles. The third kappa shape index (κ3) is 1.70. The highest BCUT2D eigenvalue weighted by Gasteiger charge is 2.25. The second-order valence-electron chi connectivity index (χ2n) is 4.87. The molecule has 0 nitrogen and oxygen atoms in total. The molecule has 0 amide bonds. The molecule has 0 saturated heterocycles. The van der Waals surface area contributed by atoms with Crippen LogP contribution in [0.15, 0.2) is 52.3 Å². The minimum absolute atomic E-state index is 0.595. The Bertz CT molecular complexity index is 604. The van der Waals surface area contributed by atoms with Crippen LogP contribution in [0.1, 0.15) is 22.6 Å². The van der Waals surface area contributed by atoms with Gasteiger partial charge in [0.25, 0.3) is 0 Å². The van der Waals surface area contributed by atoms with E-state index in [9.17, 15) is 0 Å². The zero-order valence-corrected chi connectivity index (χ0v) is 11.7. The van der Waals surface area contributed by atoms with Gasteiger partial charge in [0, 0.05) is 27.2 Å². The maximum Gasteiger partial charge on any atom is 0.0195 e. The first-order chi connectivity index (χ1) is 8.92. The molecular formula is C16H14S2. The van der Waals surface area contributed by atoms with Gasteiger partial charge < -0.3 is 0 Å². The van der Waals surface area contributed by atoms with Gasteiger partial charge in [0.2, 0.25) is 0 Å². The first-order valence-electron chi connectivity index (χ1n) is 6.39. The van der Waals surface area contributed by atoms with Gasteiger partial charge in [0.15, 0.2) is 0 Å². The summed E-state index contributed by atoms with van der Waals surface area (Å²) in [6, 6.07) is 16.0. The third-order valence-electron chi connectivity index (χ3n) is 3.82. The summed E-state index contributed by atoms with van der Waals surface area (Å²) in [7, 11) is 0. The first-order valence-corrected chi connectivity index (χ1v) is 8.36. The van der Waals surface area contributed by atoms with Crippen LogP contribution in [0.3, 0.4) is 0 Å². The monoisotopic (exact) mass is 270 g/mol. The van der Waals surface area contributed by atoms with Crippen LogP contribution in [-0.4, -0.2) is 11.5 Å². The summed E-state index contributed by atoms with van der Waals surface area (Å²) >= 11 is 4.01. The van der Waals surface area contributed by atoms with Crippen molar-refractivity contribution in [3.63, 3.8) is 0 Å². The van der Waals surface area contributed by atoms with E-state index in [1.807, 2.05) is 23.5 Å². The van der Waals surface area contributed by atoms with Gasteiger partial charge in [-0.05, 0) is 35.2 Å². The zero-order chi connectivity index (χ0) is 11.9. The Morgan fingerprint density at radius 1 is 0.944 bits per heavy atom. The lowest BCUT2D eigenvalue weighted by Gasteiger charge is -2.12. The highest BCUT2D eigenvalue weighted by atomic mass is 32.2. The fourth-order valence-corrected chi connectivity index (χ4v) is 5.23. The molecule has 1 unspecified atom stereocenters. The van der Waals surface area contributed by atoms with Crippen molar-refractivity contribution >= 4 is 23.5 Å². The zero-order valence-electron chi connectivity index (χ0n) is 10.1. The highest BCUT2D eigenvalue weighted by molar-refractivity contribution is 7.99. The Labute approximate surface area is 116 Å². The van der Waals surface area contributed by atoms with E-state index in [1.54, 1.807) is 5.56 Å². The molecule has 1 atom stereocenters. The van der Waals surface area contributed by atoms with Crippen LogP contribution in [0.5, 0.6) is 0 Å². The Kier molecular flexibility index (Phi) is 2.66. The van der Waals surface area contributed by atoms with E-state index in [0.29, 0.717) is 5.92 Å². The molecule has 0 saturated carbocycles. The van der Waals surface area contributed by atoms with E-state index in [4.69, 9.17) is 0 Å². The van der Waals surface area contributed by atoms with E-state index in [-0.39, 0.29) is 0 Å². The standard InChI is InChI=1S/C16H14S2/c1-2-4-15-13(3-1)14(10-18-15)12-6-5-11-7-8-17-16(11)9-12/h1-6,9,14H,7-8,10H2. The van der Waals surface area contributed by atoms with E-state index in [2.05, 4.69) is 42.5 Å². The van der Waals surface area contributed by atoms with Gasteiger partial charge in [-0.2, -0.15) is 0 Å². The summed E-state index contributed by atoms with van der Waals surface area (Å²) in [6.07, 6.45) is 1.25. The van der Waals surface area contributed by atoms with Crippen molar-refractivity contribution in [2.24, 2.45) is 0 Å². The van der Waals surface area contributed by atoms with Crippen molar-refractivity contribution in [3.05, 3.63) is 59.2 Å². The summed E-state index contributed by atoms with van der Waals surface area (Å²) < 4.78 is 0. The molecule has 0 bridgehead atoms. The Morgan fingerprint density at radius 3 is 2.89 bits per heavy atom. The van der Waals surface area contributed by atoms with Crippen LogP contribution in [0.4, 0.5) is 0 Å². The summed E-state index contributed by atoms with van der Waals surface area (Å²) in [6.45, 7) is 0. The average Bonchev–Trinajstić information content (AvgIpc) is 3.04. The van der Waals surface area contributed by atoms with Crippen molar-refractivity contribution in [1.29, 1.82) is 0 Å². The SMILES string of the molecule is c1ccc2c(c1)SCC2c1ccc2c(c1)SCC2. The van der Waals surface area contributed by atoms with Crippen LogP contribution < -0.4 is 0 Å². The molecule has 2 aromatic carbocycles. The highest BCUT2D eigenvalue weighted by Crippen LogP contribution is 2.44. The summed E-state index contributed by atoms with van der Waals surface area (Å²) in [5, 5.41) is 0. The molecule has 90 valence electrons. The molecule has 2 aliphatic rings. The topological polar surface area (TPSA) is 0 Å². The van der Waals surface area contributed by atoms with E-state index < -0.39 is 0 Å². The second-order valence-corrected chi connectivity index (χ2v) is 7.07. The molecule has 0 aliphatic carbocycles. The van der Waals surface area contributed by atoms with Crippen molar-refractivity contribution in [2.75, 3.05) is 11.5 Å². The first kappa shape index (κ1) is 11.0. The van der Waals surface area contributed by atoms with Gasteiger partial charge in [-0.25, -0.2) is 0 Å². The van der Waals surface area contributed by atoms with Crippen molar-refractivity contribution in [3.8, 4) is 0 Å². The summed E-state index contributed by atoms with van der Waals surface area (Å²) in [5.74, 6) is 3.05. The lowest BCUT2D eigenvalue weighted by atomic mass is 9.92. The molecule has 0 spiro atoms. The van der Waals surface area contributed by atoms with Gasteiger partial charge in [0.05, 0.1) is 0 Å². The molecule has 0 fully saturated rings. The Hall–Kier alpha value is -0.860. The van der Waals surface area contributed by atoms with Gasteiger partial charge >= 0.3 is 0 Å². The van der Waals surface area contributed by atoms with E-state index in [0.717, 1.165) is 0 Å². The second kappa shape index (κ2) is 4.36. The predicted octanol–water partition coefficient (Wildman–Crippen LogP) is 4.57. The lowest BCUT2D eigenvalue weighted by molar-refractivity contribution is 0.927. The summed E-state index contributed by atoms with van der Waals surface area (Å²) in [4.78, 5) is 2.98.